The minimum atomic E-state index is -0.330. The molecule has 0 saturated heterocycles. The van der Waals surface area contributed by atoms with E-state index in [1.807, 2.05) is 49.4 Å². The molecule has 0 aromatic heterocycles. The number of hydrogen-bond acceptors (Lipinski definition) is 4. The first-order valence-electron chi connectivity index (χ1n) is 8.56. The summed E-state index contributed by atoms with van der Waals surface area (Å²) in [5.74, 6) is 0.879. The Hall–Kier alpha value is -2.47. The van der Waals surface area contributed by atoms with Crippen molar-refractivity contribution in [3.8, 4) is 5.75 Å². The number of aryl methyl sites for hydroxylation is 1. The van der Waals surface area contributed by atoms with Gasteiger partial charge < -0.3 is 15.4 Å². The first-order valence-corrected chi connectivity index (χ1v) is 9.61. The maximum atomic E-state index is 12.3. The van der Waals surface area contributed by atoms with Gasteiger partial charge >= 0.3 is 0 Å². The number of carbonyl (C=O) groups is 2. The highest BCUT2D eigenvalue weighted by atomic mass is 32.2. The van der Waals surface area contributed by atoms with E-state index in [9.17, 15) is 9.59 Å². The standard InChI is InChI=1S/C20H22N2O3S/c1-13-3-5-16(6-4-13)21-19(23)12-26-14(2)20(24)22-17-7-8-18-15(11-17)9-10-25-18/h3-8,11,14H,9-10,12H2,1-2H3,(H,21,23)(H,22,24). The lowest BCUT2D eigenvalue weighted by Crippen LogP contribution is -2.25. The van der Waals surface area contributed by atoms with Gasteiger partial charge in [-0.3, -0.25) is 9.59 Å². The summed E-state index contributed by atoms with van der Waals surface area (Å²) in [6.07, 6.45) is 0.864. The van der Waals surface area contributed by atoms with Crippen molar-refractivity contribution in [2.45, 2.75) is 25.5 Å². The van der Waals surface area contributed by atoms with Crippen LogP contribution in [0.5, 0.6) is 5.75 Å². The molecule has 0 bridgehead atoms. The van der Waals surface area contributed by atoms with Crippen LogP contribution in [0.2, 0.25) is 0 Å². The third-order valence-corrected chi connectivity index (χ3v) is 5.27. The molecule has 0 spiro atoms. The highest BCUT2D eigenvalue weighted by Crippen LogP contribution is 2.28. The van der Waals surface area contributed by atoms with Gasteiger partial charge in [-0.25, -0.2) is 0 Å². The van der Waals surface area contributed by atoms with Crippen LogP contribution in [0.4, 0.5) is 11.4 Å². The zero-order chi connectivity index (χ0) is 18.5. The maximum absolute atomic E-state index is 12.3. The van der Waals surface area contributed by atoms with Crippen LogP contribution in [0.15, 0.2) is 42.5 Å². The number of anilines is 2. The summed E-state index contributed by atoms with van der Waals surface area (Å²) < 4.78 is 5.46. The second-order valence-corrected chi connectivity index (χ2v) is 7.61. The van der Waals surface area contributed by atoms with Gasteiger partial charge in [0.2, 0.25) is 11.8 Å². The maximum Gasteiger partial charge on any atom is 0.237 e. The molecule has 26 heavy (non-hydrogen) atoms. The highest BCUT2D eigenvalue weighted by Gasteiger charge is 2.17. The minimum absolute atomic E-state index is 0.114. The van der Waals surface area contributed by atoms with Crippen molar-refractivity contribution < 1.29 is 14.3 Å². The molecule has 2 aromatic carbocycles. The zero-order valence-electron chi connectivity index (χ0n) is 14.9. The second-order valence-electron chi connectivity index (χ2n) is 6.28. The van der Waals surface area contributed by atoms with E-state index in [-0.39, 0.29) is 22.8 Å². The molecule has 0 saturated carbocycles. The molecule has 1 unspecified atom stereocenters. The Morgan fingerprint density at radius 3 is 2.62 bits per heavy atom. The van der Waals surface area contributed by atoms with Crippen molar-refractivity contribution in [3.63, 3.8) is 0 Å². The number of amides is 2. The van der Waals surface area contributed by atoms with Gasteiger partial charge in [0.05, 0.1) is 17.6 Å². The van der Waals surface area contributed by atoms with Gasteiger partial charge in [-0.1, -0.05) is 17.7 Å². The summed E-state index contributed by atoms with van der Waals surface area (Å²) in [4.78, 5) is 24.4. The van der Waals surface area contributed by atoms with E-state index in [0.717, 1.165) is 34.7 Å². The Bertz CT molecular complexity index is 805. The third-order valence-electron chi connectivity index (χ3n) is 4.13. The van der Waals surface area contributed by atoms with Crippen molar-refractivity contribution in [2.24, 2.45) is 0 Å². The molecule has 2 aromatic rings. The molecule has 2 N–H and O–H groups in total. The Morgan fingerprint density at radius 2 is 1.85 bits per heavy atom. The predicted molar refractivity (Wildman–Crippen MR) is 106 cm³/mol. The summed E-state index contributed by atoms with van der Waals surface area (Å²) in [5.41, 5.74) is 3.77. The molecule has 0 radical (unpaired) electrons. The molecule has 1 aliphatic heterocycles. The second kappa shape index (κ2) is 8.27. The summed E-state index contributed by atoms with van der Waals surface area (Å²) in [7, 11) is 0. The van der Waals surface area contributed by atoms with Gasteiger partial charge in [-0.05, 0) is 49.7 Å². The fourth-order valence-electron chi connectivity index (χ4n) is 2.62. The van der Waals surface area contributed by atoms with E-state index in [1.54, 1.807) is 6.92 Å². The van der Waals surface area contributed by atoms with Crippen LogP contribution in [0.1, 0.15) is 18.1 Å². The number of thioether (sulfide) groups is 1. The number of rotatable bonds is 6. The van der Waals surface area contributed by atoms with Crippen molar-refractivity contribution in [3.05, 3.63) is 53.6 Å². The Kier molecular flexibility index (Phi) is 5.83. The normalized spacial score (nSPS) is 13.5. The predicted octanol–water partition coefficient (Wildman–Crippen LogP) is 3.63. The molecular formula is C20H22N2O3S. The summed E-state index contributed by atoms with van der Waals surface area (Å²) in [6.45, 7) is 4.49. The molecule has 136 valence electrons. The molecule has 5 nitrogen and oxygen atoms in total. The van der Waals surface area contributed by atoms with Crippen LogP contribution in [0, 0.1) is 6.92 Å². The molecule has 0 aliphatic carbocycles. The quantitative estimate of drug-likeness (QED) is 0.815. The fourth-order valence-corrected chi connectivity index (χ4v) is 3.30. The number of carbonyl (C=O) groups excluding carboxylic acids is 2. The molecule has 1 heterocycles. The third kappa shape index (κ3) is 4.79. The fraction of sp³-hybridized carbons (Fsp3) is 0.300. The number of hydrogen-bond donors (Lipinski definition) is 2. The van der Waals surface area contributed by atoms with Gasteiger partial charge in [-0.15, -0.1) is 11.8 Å². The number of benzene rings is 2. The minimum Gasteiger partial charge on any atom is -0.493 e. The van der Waals surface area contributed by atoms with Gasteiger partial charge in [0.25, 0.3) is 0 Å². The van der Waals surface area contributed by atoms with Gasteiger partial charge in [0.15, 0.2) is 0 Å². The van der Waals surface area contributed by atoms with E-state index in [1.165, 1.54) is 11.8 Å². The Labute approximate surface area is 157 Å². The van der Waals surface area contributed by atoms with Gasteiger partial charge in [0, 0.05) is 17.8 Å². The summed E-state index contributed by atoms with van der Waals surface area (Å²) >= 11 is 1.31. The molecule has 1 aliphatic rings. The lowest BCUT2D eigenvalue weighted by molar-refractivity contribution is -0.115. The lowest BCUT2D eigenvalue weighted by atomic mass is 10.1. The molecule has 3 rings (SSSR count). The van der Waals surface area contributed by atoms with Gasteiger partial charge in [-0.2, -0.15) is 0 Å². The van der Waals surface area contributed by atoms with Crippen molar-refractivity contribution >= 4 is 35.0 Å². The van der Waals surface area contributed by atoms with E-state index in [4.69, 9.17) is 4.74 Å². The summed E-state index contributed by atoms with van der Waals surface area (Å²) in [5, 5.41) is 5.41. The first-order chi connectivity index (χ1) is 12.5. The Balaban J connectivity index is 1.46. The van der Waals surface area contributed by atoms with E-state index < -0.39 is 0 Å². The average molecular weight is 370 g/mol. The highest BCUT2D eigenvalue weighted by molar-refractivity contribution is 8.01. The molecule has 6 heteroatoms. The lowest BCUT2D eigenvalue weighted by Gasteiger charge is -2.13. The van der Waals surface area contributed by atoms with Gasteiger partial charge in [0.1, 0.15) is 5.75 Å². The van der Waals surface area contributed by atoms with Crippen LogP contribution in [-0.4, -0.2) is 29.4 Å². The number of nitrogens with one attached hydrogen (secondary N) is 2. The van der Waals surface area contributed by atoms with Crippen molar-refractivity contribution in [1.29, 1.82) is 0 Å². The van der Waals surface area contributed by atoms with Crippen LogP contribution in [0.3, 0.4) is 0 Å². The summed E-state index contributed by atoms with van der Waals surface area (Å²) in [6, 6.07) is 13.3. The number of ether oxygens (including phenoxy) is 1. The van der Waals surface area contributed by atoms with Crippen molar-refractivity contribution in [2.75, 3.05) is 23.0 Å². The van der Waals surface area contributed by atoms with E-state index in [0.29, 0.717) is 6.61 Å². The van der Waals surface area contributed by atoms with E-state index >= 15 is 0 Å². The SMILES string of the molecule is Cc1ccc(NC(=O)CSC(C)C(=O)Nc2ccc3c(c2)CCO3)cc1. The van der Waals surface area contributed by atoms with Crippen LogP contribution >= 0.6 is 11.8 Å². The molecule has 2 amide bonds. The molecule has 0 fully saturated rings. The van der Waals surface area contributed by atoms with Crippen LogP contribution in [0.25, 0.3) is 0 Å². The average Bonchev–Trinajstić information content (AvgIpc) is 3.09. The monoisotopic (exact) mass is 370 g/mol. The van der Waals surface area contributed by atoms with Crippen molar-refractivity contribution in [1.82, 2.24) is 0 Å². The largest absolute Gasteiger partial charge is 0.493 e. The topological polar surface area (TPSA) is 67.4 Å². The van der Waals surface area contributed by atoms with Crippen LogP contribution < -0.4 is 15.4 Å². The Morgan fingerprint density at radius 1 is 1.12 bits per heavy atom. The number of fused-ring (bicyclic) bond motifs is 1. The van der Waals surface area contributed by atoms with E-state index in [2.05, 4.69) is 10.6 Å². The first kappa shape index (κ1) is 18.3. The smallest absolute Gasteiger partial charge is 0.237 e. The molecule has 1 atom stereocenters. The van der Waals surface area contributed by atoms with Crippen LogP contribution in [-0.2, 0) is 16.0 Å². The zero-order valence-corrected chi connectivity index (χ0v) is 15.7. The molecular weight excluding hydrogens is 348 g/mol.